The first-order valence-corrected chi connectivity index (χ1v) is 5.54. The predicted molar refractivity (Wildman–Crippen MR) is 65.2 cm³/mol. The average Bonchev–Trinajstić information content (AvgIpc) is 2.40. The zero-order valence-electron chi connectivity index (χ0n) is 10.0. The van der Waals surface area contributed by atoms with Crippen LogP contribution in [0.5, 0.6) is 5.75 Å². The Morgan fingerprint density at radius 3 is 2.60 bits per heavy atom. The largest absolute Gasteiger partial charge is 0.433 e. The second kappa shape index (κ2) is 6.05. The number of aromatic nitrogens is 1. The number of hydrogen-bond donors (Lipinski definition) is 1. The summed E-state index contributed by atoms with van der Waals surface area (Å²) in [7, 11) is 0. The maximum atomic E-state index is 12.9. The van der Waals surface area contributed by atoms with E-state index in [1.54, 1.807) is 0 Å². The minimum absolute atomic E-state index is 0.0452. The molecule has 0 saturated carbocycles. The van der Waals surface area contributed by atoms with Gasteiger partial charge in [-0.3, -0.25) is 4.79 Å². The highest BCUT2D eigenvalue weighted by atomic mass is 19.3. The molecule has 7 heteroatoms. The number of carbonyl (C=O) groups excluding carboxylic acids is 1. The molecule has 4 nitrogen and oxygen atoms in total. The van der Waals surface area contributed by atoms with E-state index in [4.69, 9.17) is 0 Å². The first-order chi connectivity index (χ1) is 9.56. The number of rotatable bonds is 4. The standard InChI is InChI=1S/C13H9F3N2O2/c14-11-7-3-5-9(17-11)12(19)18-8-4-1-2-6-10(8)20-13(15)16/h1-7,13H,(H,18,19). The molecule has 0 spiro atoms. The summed E-state index contributed by atoms with van der Waals surface area (Å²) in [6.07, 6.45) is 0. The molecule has 0 aliphatic rings. The number of anilines is 1. The normalized spacial score (nSPS) is 10.4. The van der Waals surface area contributed by atoms with Gasteiger partial charge in [-0.25, -0.2) is 4.98 Å². The minimum atomic E-state index is -3.01. The van der Waals surface area contributed by atoms with Gasteiger partial charge >= 0.3 is 6.61 Å². The zero-order valence-corrected chi connectivity index (χ0v) is 10.0. The monoisotopic (exact) mass is 282 g/mol. The molecule has 0 aliphatic carbocycles. The number of hydrogen-bond acceptors (Lipinski definition) is 3. The number of halogens is 3. The zero-order chi connectivity index (χ0) is 14.5. The number of ether oxygens (including phenoxy) is 1. The van der Waals surface area contributed by atoms with Crippen LogP contribution >= 0.6 is 0 Å². The fourth-order valence-electron chi connectivity index (χ4n) is 1.49. The molecule has 20 heavy (non-hydrogen) atoms. The van der Waals surface area contributed by atoms with Gasteiger partial charge in [0.25, 0.3) is 5.91 Å². The molecule has 1 heterocycles. The van der Waals surface area contributed by atoms with E-state index in [1.807, 2.05) is 0 Å². The van der Waals surface area contributed by atoms with E-state index in [9.17, 15) is 18.0 Å². The number of amides is 1. The quantitative estimate of drug-likeness (QED) is 0.877. The molecule has 1 N–H and O–H groups in total. The Hall–Kier alpha value is -2.57. The van der Waals surface area contributed by atoms with E-state index in [0.717, 1.165) is 6.07 Å². The molecule has 1 aromatic heterocycles. The molecule has 0 unspecified atom stereocenters. The highest BCUT2D eigenvalue weighted by Gasteiger charge is 2.13. The lowest BCUT2D eigenvalue weighted by Gasteiger charge is -2.11. The van der Waals surface area contributed by atoms with Crippen molar-refractivity contribution in [3.8, 4) is 5.75 Å². The topological polar surface area (TPSA) is 51.2 Å². The summed E-state index contributed by atoms with van der Waals surface area (Å²) in [4.78, 5) is 15.2. The maximum absolute atomic E-state index is 12.9. The number of para-hydroxylation sites is 2. The Balaban J connectivity index is 2.19. The number of pyridine rings is 1. The van der Waals surface area contributed by atoms with Crippen molar-refractivity contribution in [3.05, 3.63) is 54.1 Å². The maximum Gasteiger partial charge on any atom is 0.387 e. The summed E-state index contributed by atoms with van der Waals surface area (Å²) in [6.45, 7) is -3.01. The van der Waals surface area contributed by atoms with Gasteiger partial charge < -0.3 is 10.1 Å². The SMILES string of the molecule is O=C(Nc1ccccc1OC(F)F)c1cccc(F)n1. The Kier molecular flexibility index (Phi) is 4.19. The smallest absolute Gasteiger partial charge is 0.387 e. The summed E-state index contributed by atoms with van der Waals surface area (Å²) >= 11 is 0. The van der Waals surface area contributed by atoms with E-state index < -0.39 is 18.5 Å². The Morgan fingerprint density at radius 2 is 1.90 bits per heavy atom. The molecule has 2 rings (SSSR count). The summed E-state index contributed by atoms with van der Waals surface area (Å²) in [5.74, 6) is -1.73. The number of nitrogens with zero attached hydrogens (tertiary/aromatic N) is 1. The third kappa shape index (κ3) is 3.47. The molecule has 0 atom stereocenters. The molecule has 0 fully saturated rings. The van der Waals surface area contributed by atoms with Gasteiger partial charge in [0.2, 0.25) is 5.95 Å². The molecule has 0 radical (unpaired) electrons. The van der Waals surface area contributed by atoms with Crippen molar-refractivity contribution >= 4 is 11.6 Å². The van der Waals surface area contributed by atoms with E-state index >= 15 is 0 Å². The average molecular weight is 282 g/mol. The molecule has 0 aliphatic heterocycles. The third-order valence-electron chi connectivity index (χ3n) is 2.30. The Bertz CT molecular complexity index is 620. The van der Waals surface area contributed by atoms with Crippen molar-refractivity contribution in [1.29, 1.82) is 0 Å². The lowest BCUT2D eigenvalue weighted by Crippen LogP contribution is -2.15. The van der Waals surface area contributed by atoms with Gasteiger partial charge in [-0.2, -0.15) is 13.2 Å². The van der Waals surface area contributed by atoms with Gasteiger partial charge in [-0.1, -0.05) is 18.2 Å². The van der Waals surface area contributed by atoms with Gasteiger partial charge in [-0.15, -0.1) is 0 Å². The molecule has 1 aromatic carbocycles. The van der Waals surface area contributed by atoms with Gasteiger partial charge in [0.15, 0.2) is 0 Å². The van der Waals surface area contributed by atoms with Crippen LogP contribution in [0.15, 0.2) is 42.5 Å². The number of benzene rings is 1. The van der Waals surface area contributed by atoms with Crippen molar-refractivity contribution in [2.24, 2.45) is 0 Å². The van der Waals surface area contributed by atoms with Crippen LogP contribution in [-0.4, -0.2) is 17.5 Å². The fourth-order valence-corrected chi connectivity index (χ4v) is 1.49. The first-order valence-electron chi connectivity index (χ1n) is 5.54. The molecule has 0 bridgehead atoms. The van der Waals surface area contributed by atoms with E-state index in [1.165, 1.54) is 36.4 Å². The fraction of sp³-hybridized carbons (Fsp3) is 0.0769. The van der Waals surface area contributed by atoms with Gasteiger partial charge in [0.1, 0.15) is 11.4 Å². The summed E-state index contributed by atoms with van der Waals surface area (Å²) in [5.41, 5.74) is -0.124. The van der Waals surface area contributed by atoms with Crippen molar-refractivity contribution in [2.45, 2.75) is 6.61 Å². The molecular weight excluding hydrogens is 273 g/mol. The highest BCUT2D eigenvalue weighted by Crippen LogP contribution is 2.25. The van der Waals surface area contributed by atoms with Crippen molar-refractivity contribution in [1.82, 2.24) is 4.98 Å². The van der Waals surface area contributed by atoms with Crippen LogP contribution in [0, 0.1) is 5.95 Å². The van der Waals surface area contributed by atoms with Gasteiger partial charge in [0, 0.05) is 0 Å². The third-order valence-corrected chi connectivity index (χ3v) is 2.30. The first kappa shape index (κ1) is 13.9. The Labute approximate surface area is 112 Å². The number of carbonyl (C=O) groups is 1. The van der Waals surface area contributed by atoms with Crippen molar-refractivity contribution in [2.75, 3.05) is 5.32 Å². The van der Waals surface area contributed by atoms with Gasteiger partial charge in [-0.05, 0) is 24.3 Å². The molecule has 2 aromatic rings. The van der Waals surface area contributed by atoms with E-state index in [-0.39, 0.29) is 17.1 Å². The summed E-state index contributed by atoms with van der Waals surface area (Å²) in [5, 5.41) is 2.33. The van der Waals surface area contributed by atoms with Crippen LogP contribution in [0.1, 0.15) is 10.5 Å². The summed E-state index contributed by atoms with van der Waals surface area (Å²) in [6, 6.07) is 9.38. The van der Waals surface area contributed by atoms with Gasteiger partial charge in [0.05, 0.1) is 5.69 Å². The van der Waals surface area contributed by atoms with Crippen LogP contribution < -0.4 is 10.1 Å². The van der Waals surface area contributed by atoms with E-state index in [0.29, 0.717) is 0 Å². The molecular formula is C13H9F3N2O2. The lowest BCUT2D eigenvalue weighted by molar-refractivity contribution is -0.0493. The van der Waals surface area contributed by atoms with Crippen LogP contribution in [0.2, 0.25) is 0 Å². The van der Waals surface area contributed by atoms with Crippen LogP contribution in [0.4, 0.5) is 18.9 Å². The Morgan fingerprint density at radius 1 is 1.15 bits per heavy atom. The van der Waals surface area contributed by atoms with Crippen LogP contribution in [0.25, 0.3) is 0 Å². The second-order valence-electron chi connectivity index (χ2n) is 3.67. The van der Waals surface area contributed by atoms with Crippen molar-refractivity contribution < 1.29 is 22.7 Å². The predicted octanol–water partition coefficient (Wildman–Crippen LogP) is 3.07. The lowest BCUT2D eigenvalue weighted by atomic mass is 10.2. The van der Waals surface area contributed by atoms with Crippen LogP contribution in [-0.2, 0) is 0 Å². The van der Waals surface area contributed by atoms with Crippen molar-refractivity contribution in [3.63, 3.8) is 0 Å². The number of alkyl halides is 2. The molecule has 1 amide bonds. The van der Waals surface area contributed by atoms with Crippen LogP contribution in [0.3, 0.4) is 0 Å². The highest BCUT2D eigenvalue weighted by molar-refractivity contribution is 6.03. The van der Waals surface area contributed by atoms with E-state index in [2.05, 4.69) is 15.0 Å². The summed E-state index contributed by atoms with van der Waals surface area (Å²) < 4.78 is 41.6. The minimum Gasteiger partial charge on any atom is -0.433 e. The molecule has 104 valence electrons. The number of nitrogens with one attached hydrogen (secondary N) is 1. The molecule has 0 saturated heterocycles. The second-order valence-corrected chi connectivity index (χ2v) is 3.67.